The molecule has 2 aliphatic rings. The maximum absolute atomic E-state index is 12.2. The highest BCUT2D eigenvalue weighted by molar-refractivity contribution is 5.85. The van der Waals surface area contributed by atoms with Crippen molar-refractivity contribution < 1.29 is 4.79 Å². The van der Waals surface area contributed by atoms with E-state index in [-0.39, 0.29) is 12.4 Å². The van der Waals surface area contributed by atoms with Crippen molar-refractivity contribution in [3.63, 3.8) is 0 Å². The molecule has 1 N–H and O–H groups in total. The van der Waals surface area contributed by atoms with Gasteiger partial charge in [0, 0.05) is 19.5 Å². The molecule has 4 heteroatoms. The lowest BCUT2D eigenvalue weighted by atomic mass is 9.95. The number of hydrogen-bond acceptors (Lipinski definition) is 2. The molecule has 1 amide bonds. The smallest absolute Gasteiger partial charge is 0.222 e. The van der Waals surface area contributed by atoms with Crippen molar-refractivity contribution in [1.29, 1.82) is 0 Å². The first-order valence-electron chi connectivity index (χ1n) is 8.28. The van der Waals surface area contributed by atoms with Crippen LogP contribution in [0.4, 0.5) is 0 Å². The first-order valence-corrected chi connectivity index (χ1v) is 8.28. The number of carbonyl (C=O) groups excluding carboxylic acids is 1. The van der Waals surface area contributed by atoms with Crippen molar-refractivity contribution in [2.75, 3.05) is 26.2 Å². The lowest BCUT2D eigenvalue weighted by Crippen LogP contribution is -2.40. The normalized spacial score (nSPS) is 20.9. The summed E-state index contributed by atoms with van der Waals surface area (Å²) in [5.74, 6) is 2.03. The lowest BCUT2D eigenvalue weighted by Gasteiger charge is -2.32. The second kappa shape index (κ2) is 9.62. The van der Waals surface area contributed by atoms with Gasteiger partial charge in [0.1, 0.15) is 0 Å². The van der Waals surface area contributed by atoms with Gasteiger partial charge in [-0.25, -0.2) is 0 Å². The molecule has 0 atom stereocenters. The predicted octanol–water partition coefficient (Wildman–Crippen LogP) is 3.23. The zero-order valence-corrected chi connectivity index (χ0v) is 13.7. The van der Waals surface area contributed by atoms with E-state index in [2.05, 4.69) is 17.1 Å². The van der Waals surface area contributed by atoms with Gasteiger partial charge >= 0.3 is 0 Å². The van der Waals surface area contributed by atoms with E-state index in [4.69, 9.17) is 0 Å². The van der Waals surface area contributed by atoms with E-state index in [1.807, 2.05) is 0 Å². The molecule has 1 aliphatic heterocycles. The van der Waals surface area contributed by atoms with Gasteiger partial charge in [-0.3, -0.25) is 4.79 Å². The summed E-state index contributed by atoms with van der Waals surface area (Å²) < 4.78 is 0. The summed E-state index contributed by atoms with van der Waals surface area (Å²) in [6.07, 6.45) is 9.78. The Kier molecular flexibility index (Phi) is 8.55. The molecule has 0 radical (unpaired) electrons. The number of amides is 1. The van der Waals surface area contributed by atoms with Gasteiger partial charge in [0.05, 0.1) is 0 Å². The van der Waals surface area contributed by atoms with Gasteiger partial charge in [-0.05, 0) is 44.2 Å². The molecule has 1 saturated heterocycles. The molecule has 1 heterocycles. The summed E-state index contributed by atoms with van der Waals surface area (Å²) in [5.41, 5.74) is 0. The fourth-order valence-corrected chi connectivity index (χ4v) is 3.52. The first-order chi connectivity index (χ1) is 9.29. The summed E-state index contributed by atoms with van der Waals surface area (Å²) >= 11 is 0. The molecule has 1 aliphatic carbocycles. The van der Waals surface area contributed by atoms with E-state index < -0.39 is 0 Å². The van der Waals surface area contributed by atoms with E-state index in [0.717, 1.165) is 50.9 Å². The Morgan fingerprint density at radius 3 is 2.35 bits per heavy atom. The molecule has 118 valence electrons. The molecule has 2 rings (SSSR count). The van der Waals surface area contributed by atoms with Crippen LogP contribution >= 0.6 is 12.4 Å². The summed E-state index contributed by atoms with van der Waals surface area (Å²) in [5, 5.41) is 3.42. The predicted molar refractivity (Wildman–Crippen MR) is 86.3 cm³/mol. The maximum Gasteiger partial charge on any atom is 0.222 e. The Hall–Kier alpha value is -0.280. The van der Waals surface area contributed by atoms with Crippen molar-refractivity contribution >= 4 is 18.3 Å². The number of nitrogens with zero attached hydrogens (tertiary/aromatic N) is 1. The Bertz CT molecular complexity index is 272. The Labute approximate surface area is 130 Å². The number of carbonyl (C=O) groups is 1. The van der Waals surface area contributed by atoms with Gasteiger partial charge in [-0.15, -0.1) is 12.4 Å². The van der Waals surface area contributed by atoms with Crippen LogP contribution in [0.25, 0.3) is 0 Å². The van der Waals surface area contributed by atoms with Crippen LogP contribution in [0.2, 0.25) is 0 Å². The highest BCUT2D eigenvalue weighted by atomic mass is 35.5. The largest absolute Gasteiger partial charge is 0.343 e. The first kappa shape index (κ1) is 17.8. The van der Waals surface area contributed by atoms with Crippen LogP contribution in [-0.4, -0.2) is 37.0 Å². The van der Waals surface area contributed by atoms with Crippen molar-refractivity contribution in [2.24, 2.45) is 11.8 Å². The molecule has 1 saturated carbocycles. The SMILES string of the molecule is CCNCC1CCN(C(=O)CCC2CCCC2)CC1.Cl. The van der Waals surface area contributed by atoms with Crippen molar-refractivity contribution in [3.05, 3.63) is 0 Å². The van der Waals surface area contributed by atoms with Gasteiger partial charge < -0.3 is 10.2 Å². The second-order valence-electron chi connectivity index (χ2n) is 6.32. The number of piperidine rings is 1. The van der Waals surface area contributed by atoms with Crippen molar-refractivity contribution in [3.8, 4) is 0 Å². The number of rotatable bonds is 6. The standard InChI is InChI=1S/C16H30N2O.ClH/c1-2-17-13-15-9-11-18(12-10-15)16(19)8-7-14-5-3-4-6-14;/h14-15,17H,2-13H2,1H3;1H. The van der Waals surface area contributed by atoms with Crippen LogP contribution in [0, 0.1) is 11.8 Å². The number of nitrogens with one attached hydrogen (secondary N) is 1. The fourth-order valence-electron chi connectivity index (χ4n) is 3.52. The number of hydrogen-bond donors (Lipinski definition) is 1. The fraction of sp³-hybridized carbons (Fsp3) is 0.938. The summed E-state index contributed by atoms with van der Waals surface area (Å²) in [6.45, 7) is 6.31. The van der Waals surface area contributed by atoms with Gasteiger partial charge in [-0.1, -0.05) is 32.6 Å². The molecule has 0 aromatic carbocycles. The van der Waals surface area contributed by atoms with Crippen LogP contribution in [0.5, 0.6) is 0 Å². The van der Waals surface area contributed by atoms with Gasteiger partial charge in [0.25, 0.3) is 0 Å². The van der Waals surface area contributed by atoms with Crippen molar-refractivity contribution in [2.45, 2.75) is 58.3 Å². The molecular formula is C16H31ClN2O. The highest BCUT2D eigenvalue weighted by Crippen LogP contribution is 2.29. The second-order valence-corrected chi connectivity index (χ2v) is 6.32. The molecule has 0 unspecified atom stereocenters. The van der Waals surface area contributed by atoms with Crippen LogP contribution < -0.4 is 5.32 Å². The molecule has 0 aromatic rings. The molecule has 0 bridgehead atoms. The zero-order valence-electron chi connectivity index (χ0n) is 12.9. The van der Waals surface area contributed by atoms with Crippen molar-refractivity contribution in [1.82, 2.24) is 10.2 Å². The molecule has 2 fully saturated rings. The van der Waals surface area contributed by atoms with Crippen LogP contribution in [0.3, 0.4) is 0 Å². The molecule has 0 spiro atoms. The molecular weight excluding hydrogens is 272 g/mol. The topological polar surface area (TPSA) is 32.3 Å². The van der Waals surface area contributed by atoms with Gasteiger partial charge in [-0.2, -0.15) is 0 Å². The average molecular weight is 303 g/mol. The molecule has 3 nitrogen and oxygen atoms in total. The molecule has 20 heavy (non-hydrogen) atoms. The Morgan fingerprint density at radius 1 is 1.10 bits per heavy atom. The summed E-state index contributed by atoms with van der Waals surface area (Å²) in [7, 11) is 0. The van der Waals surface area contributed by atoms with E-state index in [0.29, 0.717) is 5.91 Å². The minimum atomic E-state index is 0. The average Bonchev–Trinajstić information content (AvgIpc) is 2.96. The maximum atomic E-state index is 12.2. The van der Waals surface area contributed by atoms with Gasteiger partial charge in [0.2, 0.25) is 5.91 Å². The zero-order chi connectivity index (χ0) is 13.5. The van der Waals surface area contributed by atoms with Gasteiger partial charge in [0.15, 0.2) is 0 Å². The minimum Gasteiger partial charge on any atom is -0.343 e. The third-order valence-corrected chi connectivity index (χ3v) is 4.89. The highest BCUT2D eigenvalue weighted by Gasteiger charge is 2.23. The van der Waals surface area contributed by atoms with E-state index in [1.165, 1.54) is 38.5 Å². The Balaban J connectivity index is 0.00000200. The monoisotopic (exact) mass is 302 g/mol. The van der Waals surface area contributed by atoms with E-state index >= 15 is 0 Å². The van der Waals surface area contributed by atoms with E-state index in [1.54, 1.807) is 0 Å². The summed E-state index contributed by atoms with van der Waals surface area (Å²) in [4.78, 5) is 14.3. The molecule has 0 aromatic heterocycles. The van der Waals surface area contributed by atoms with Crippen LogP contribution in [0.1, 0.15) is 58.3 Å². The van der Waals surface area contributed by atoms with E-state index in [9.17, 15) is 4.79 Å². The third kappa shape index (κ3) is 5.61. The van der Waals surface area contributed by atoms with Crippen LogP contribution in [0.15, 0.2) is 0 Å². The third-order valence-electron chi connectivity index (χ3n) is 4.89. The summed E-state index contributed by atoms with van der Waals surface area (Å²) in [6, 6.07) is 0. The lowest BCUT2D eigenvalue weighted by molar-refractivity contribution is -0.132. The minimum absolute atomic E-state index is 0. The Morgan fingerprint density at radius 2 is 1.75 bits per heavy atom. The quantitative estimate of drug-likeness (QED) is 0.817. The number of likely N-dealkylation sites (tertiary alicyclic amines) is 1. The number of halogens is 1. The van der Waals surface area contributed by atoms with Crippen LogP contribution in [-0.2, 0) is 4.79 Å².